The van der Waals surface area contributed by atoms with Gasteiger partial charge in [-0.25, -0.2) is 4.98 Å². The molecule has 118 valence electrons. The van der Waals surface area contributed by atoms with Crippen molar-refractivity contribution >= 4 is 33.7 Å². The Balaban J connectivity index is 1.47. The topological polar surface area (TPSA) is 51.2 Å². The van der Waals surface area contributed by atoms with E-state index in [0.29, 0.717) is 18.2 Å². The number of thiazole rings is 1. The lowest BCUT2D eigenvalue weighted by Crippen LogP contribution is -2.15. The van der Waals surface area contributed by atoms with E-state index in [9.17, 15) is 4.79 Å². The quantitative estimate of drug-likeness (QED) is 0.712. The van der Waals surface area contributed by atoms with E-state index in [-0.39, 0.29) is 5.91 Å². The lowest BCUT2D eigenvalue weighted by atomic mass is 10.2. The molecular formula is C17H16N2O2S2. The highest BCUT2D eigenvalue weighted by Crippen LogP contribution is 2.28. The number of nitrogens with one attached hydrogen (secondary N) is 1. The first-order chi connectivity index (χ1) is 11.2. The van der Waals surface area contributed by atoms with E-state index in [1.807, 2.05) is 54.1 Å². The zero-order valence-electron chi connectivity index (χ0n) is 12.6. The Labute approximate surface area is 142 Å². The monoisotopic (exact) mass is 344 g/mol. The largest absolute Gasteiger partial charge is 0.493 e. The molecule has 0 aliphatic heterocycles. The highest BCUT2D eigenvalue weighted by Gasteiger charge is 2.08. The smallest absolute Gasteiger partial charge is 0.229 e. The van der Waals surface area contributed by atoms with Crippen molar-refractivity contribution in [3.8, 4) is 16.3 Å². The van der Waals surface area contributed by atoms with Gasteiger partial charge < -0.3 is 10.1 Å². The molecule has 0 spiro atoms. The molecule has 0 radical (unpaired) electrons. The lowest BCUT2D eigenvalue weighted by molar-refractivity contribution is -0.116. The van der Waals surface area contributed by atoms with Crippen LogP contribution in [-0.4, -0.2) is 17.5 Å². The number of aromatic nitrogens is 1. The number of aryl methyl sites for hydroxylation is 1. The summed E-state index contributed by atoms with van der Waals surface area (Å²) in [5.41, 5.74) is 2.08. The average Bonchev–Trinajstić information content (AvgIpc) is 3.20. The van der Waals surface area contributed by atoms with Crippen LogP contribution in [0, 0.1) is 6.92 Å². The number of hydrogen-bond donors (Lipinski definition) is 1. The van der Waals surface area contributed by atoms with Gasteiger partial charge in [0.1, 0.15) is 5.75 Å². The molecule has 0 atom stereocenters. The van der Waals surface area contributed by atoms with Crippen LogP contribution in [0.5, 0.6) is 5.75 Å². The summed E-state index contributed by atoms with van der Waals surface area (Å²) < 4.78 is 5.56. The normalized spacial score (nSPS) is 10.5. The summed E-state index contributed by atoms with van der Waals surface area (Å²) in [5.74, 6) is 0.682. The van der Waals surface area contributed by atoms with Gasteiger partial charge in [-0.15, -0.1) is 22.7 Å². The number of hydrogen-bond acceptors (Lipinski definition) is 5. The minimum atomic E-state index is -0.0933. The zero-order chi connectivity index (χ0) is 16.1. The molecule has 2 heterocycles. The summed E-state index contributed by atoms with van der Waals surface area (Å²) in [6.45, 7) is 2.37. The molecule has 2 aromatic heterocycles. The maximum absolute atomic E-state index is 11.9. The van der Waals surface area contributed by atoms with Crippen molar-refractivity contribution in [1.29, 1.82) is 0 Å². The number of carbonyl (C=O) groups excluding carboxylic acids is 1. The molecule has 6 heteroatoms. The Hall–Kier alpha value is -2.18. The van der Waals surface area contributed by atoms with E-state index in [4.69, 9.17) is 4.74 Å². The maximum Gasteiger partial charge on any atom is 0.229 e. The molecule has 0 unspecified atom stereocenters. The first-order valence-corrected chi connectivity index (χ1v) is 8.95. The number of nitrogens with zero attached hydrogens (tertiary/aromatic N) is 1. The predicted octanol–water partition coefficient (Wildman–Crippen LogP) is 4.59. The third kappa shape index (κ3) is 4.40. The van der Waals surface area contributed by atoms with Crippen LogP contribution in [0.3, 0.4) is 0 Å². The fourth-order valence-corrected chi connectivity index (χ4v) is 3.43. The second-order valence-electron chi connectivity index (χ2n) is 4.97. The van der Waals surface area contributed by atoms with E-state index in [2.05, 4.69) is 10.3 Å². The van der Waals surface area contributed by atoms with Gasteiger partial charge in [-0.2, -0.15) is 0 Å². The number of anilines is 1. The lowest BCUT2D eigenvalue weighted by Gasteiger charge is -2.06. The summed E-state index contributed by atoms with van der Waals surface area (Å²) in [6.07, 6.45) is 0.293. The SMILES string of the molecule is Cc1ccc(OCCC(=O)Nc2nc(-c3cccs3)cs2)cc1. The Morgan fingerprint density at radius 3 is 2.78 bits per heavy atom. The van der Waals surface area contributed by atoms with Gasteiger partial charge in [0, 0.05) is 5.38 Å². The number of carbonyl (C=O) groups is 1. The molecule has 3 aromatic rings. The first-order valence-electron chi connectivity index (χ1n) is 7.19. The third-order valence-electron chi connectivity index (χ3n) is 3.14. The Kier molecular flexibility index (Phi) is 5.05. The minimum Gasteiger partial charge on any atom is -0.493 e. The first kappa shape index (κ1) is 15.7. The Morgan fingerprint density at radius 1 is 1.22 bits per heavy atom. The van der Waals surface area contributed by atoms with E-state index in [1.54, 1.807) is 11.3 Å². The van der Waals surface area contributed by atoms with Crippen LogP contribution < -0.4 is 10.1 Å². The van der Waals surface area contributed by atoms with Crippen molar-refractivity contribution in [3.05, 3.63) is 52.7 Å². The molecule has 0 aliphatic carbocycles. The molecule has 4 nitrogen and oxygen atoms in total. The van der Waals surface area contributed by atoms with E-state index in [1.165, 1.54) is 16.9 Å². The molecule has 0 fully saturated rings. The molecule has 3 rings (SSSR count). The number of thiophene rings is 1. The van der Waals surface area contributed by atoms with E-state index in [0.717, 1.165) is 16.3 Å². The number of rotatable bonds is 6. The fourth-order valence-electron chi connectivity index (χ4n) is 1.95. The Bertz CT molecular complexity index is 764. The molecular weight excluding hydrogens is 328 g/mol. The second-order valence-corrected chi connectivity index (χ2v) is 6.78. The van der Waals surface area contributed by atoms with Crippen molar-refractivity contribution in [2.45, 2.75) is 13.3 Å². The standard InChI is InChI=1S/C17H16N2O2S2/c1-12-4-6-13(7-5-12)21-9-8-16(20)19-17-18-14(11-23-17)15-3-2-10-22-15/h2-7,10-11H,8-9H2,1H3,(H,18,19,20). The third-order valence-corrected chi connectivity index (χ3v) is 4.79. The van der Waals surface area contributed by atoms with E-state index >= 15 is 0 Å². The summed E-state index contributed by atoms with van der Waals surface area (Å²) in [7, 11) is 0. The molecule has 1 aromatic carbocycles. The van der Waals surface area contributed by atoms with Gasteiger partial charge in [0.05, 0.1) is 23.6 Å². The Morgan fingerprint density at radius 2 is 2.04 bits per heavy atom. The van der Waals surface area contributed by atoms with Crippen LogP contribution in [0.25, 0.3) is 10.6 Å². The zero-order valence-corrected chi connectivity index (χ0v) is 14.2. The number of ether oxygens (including phenoxy) is 1. The molecule has 0 saturated carbocycles. The van der Waals surface area contributed by atoms with Crippen LogP contribution in [-0.2, 0) is 4.79 Å². The molecule has 0 aliphatic rings. The van der Waals surface area contributed by atoms with Crippen LogP contribution in [0.2, 0.25) is 0 Å². The average molecular weight is 344 g/mol. The fraction of sp³-hybridized carbons (Fsp3) is 0.176. The van der Waals surface area contributed by atoms with Crippen LogP contribution in [0.1, 0.15) is 12.0 Å². The molecule has 23 heavy (non-hydrogen) atoms. The number of benzene rings is 1. The van der Waals surface area contributed by atoms with Gasteiger partial charge in [0.2, 0.25) is 5.91 Å². The second kappa shape index (κ2) is 7.39. The predicted molar refractivity (Wildman–Crippen MR) is 95.3 cm³/mol. The van der Waals surface area contributed by atoms with Gasteiger partial charge in [-0.05, 0) is 30.5 Å². The van der Waals surface area contributed by atoms with Gasteiger partial charge in [-0.3, -0.25) is 4.79 Å². The summed E-state index contributed by atoms with van der Waals surface area (Å²) in [5, 5.41) is 7.39. The van der Waals surface area contributed by atoms with Crippen molar-refractivity contribution < 1.29 is 9.53 Å². The van der Waals surface area contributed by atoms with Crippen LogP contribution >= 0.6 is 22.7 Å². The summed E-state index contributed by atoms with van der Waals surface area (Å²) in [4.78, 5) is 17.5. The van der Waals surface area contributed by atoms with Crippen molar-refractivity contribution in [3.63, 3.8) is 0 Å². The van der Waals surface area contributed by atoms with Crippen molar-refractivity contribution in [1.82, 2.24) is 4.98 Å². The van der Waals surface area contributed by atoms with Crippen LogP contribution in [0.4, 0.5) is 5.13 Å². The van der Waals surface area contributed by atoms with Gasteiger partial charge in [0.25, 0.3) is 0 Å². The highest BCUT2D eigenvalue weighted by atomic mass is 32.1. The molecule has 1 N–H and O–H groups in total. The van der Waals surface area contributed by atoms with Gasteiger partial charge in [0.15, 0.2) is 5.13 Å². The summed E-state index contributed by atoms with van der Waals surface area (Å²) in [6, 6.07) is 11.8. The highest BCUT2D eigenvalue weighted by molar-refractivity contribution is 7.16. The van der Waals surface area contributed by atoms with Gasteiger partial charge in [-0.1, -0.05) is 23.8 Å². The van der Waals surface area contributed by atoms with Crippen molar-refractivity contribution in [2.75, 3.05) is 11.9 Å². The molecule has 1 amide bonds. The van der Waals surface area contributed by atoms with E-state index < -0.39 is 0 Å². The minimum absolute atomic E-state index is 0.0933. The van der Waals surface area contributed by atoms with Crippen molar-refractivity contribution in [2.24, 2.45) is 0 Å². The number of amides is 1. The molecule has 0 bridgehead atoms. The van der Waals surface area contributed by atoms with Crippen LogP contribution in [0.15, 0.2) is 47.2 Å². The summed E-state index contributed by atoms with van der Waals surface area (Å²) >= 11 is 3.06. The molecule has 0 saturated heterocycles. The maximum atomic E-state index is 11.9. The van der Waals surface area contributed by atoms with Gasteiger partial charge >= 0.3 is 0 Å².